The Morgan fingerprint density at radius 2 is 1.06 bits per heavy atom. The molecule has 0 aromatic heterocycles. The van der Waals surface area contributed by atoms with E-state index in [-0.39, 0.29) is 26.1 Å². The van der Waals surface area contributed by atoms with Crippen LogP contribution < -0.4 is 0 Å². The first kappa shape index (κ1) is 50.0. The highest BCUT2D eigenvalue weighted by atomic mass is 31.2. The molecule has 0 radical (unpaired) electrons. The molecule has 302 valence electrons. The van der Waals surface area contributed by atoms with Crippen molar-refractivity contribution in [2.24, 2.45) is 0 Å². The molecule has 9 nitrogen and oxygen atoms in total. The maximum atomic E-state index is 12.6. The maximum absolute atomic E-state index is 12.6. The van der Waals surface area contributed by atoms with Gasteiger partial charge < -0.3 is 18.9 Å². The second-order valence-electron chi connectivity index (χ2n) is 14.7. The van der Waals surface area contributed by atoms with Gasteiger partial charge in [0.25, 0.3) is 0 Å². The van der Waals surface area contributed by atoms with Crippen molar-refractivity contribution in [3.8, 4) is 0 Å². The van der Waals surface area contributed by atoms with Gasteiger partial charge in [-0.15, -0.1) is 0 Å². The Labute approximate surface area is 318 Å². The highest BCUT2D eigenvalue weighted by molar-refractivity contribution is 7.47. The number of phosphoric acid groups is 1. The third-order valence-corrected chi connectivity index (χ3v) is 9.32. The van der Waals surface area contributed by atoms with Crippen molar-refractivity contribution in [2.75, 3.05) is 47.5 Å². The summed E-state index contributed by atoms with van der Waals surface area (Å²) >= 11 is 0. The quantitative estimate of drug-likeness (QED) is 0.0221. The average Bonchev–Trinajstić information content (AvgIpc) is 3.09. The van der Waals surface area contributed by atoms with Crippen molar-refractivity contribution in [1.82, 2.24) is 0 Å². The minimum atomic E-state index is -4.38. The molecule has 0 saturated carbocycles. The summed E-state index contributed by atoms with van der Waals surface area (Å²) in [6, 6.07) is 0. The standard InChI is InChI=1S/C42H76NO8P/c1-6-8-10-12-14-16-18-19-20-21-22-23-25-26-28-30-32-34-41(44)48-38-40(39-50-52(46,47)49-37-36-43(3,4)5)51-42(45)35-33-31-29-27-24-17-15-13-11-9-7-2/h13-16,19-20,22-23,40H,6-12,17-18,21,24-39H2,1-5H3/p+1/b15-13-,16-14-,20-19-,23-22-/t40-/m1/s1. The Balaban J connectivity index is 4.44. The predicted molar refractivity (Wildman–Crippen MR) is 215 cm³/mol. The summed E-state index contributed by atoms with van der Waals surface area (Å²) in [6.45, 7) is 4.30. The molecule has 10 heteroatoms. The SMILES string of the molecule is CCCC/C=C\CCCCCCCC(=O)O[C@H](COC(=O)CCCCCC/C=C\C/C=C\C/C=C\CCCCC)COP(=O)(O)OCC[N+](C)(C)C. The van der Waals surface area contributed by atoms with Crippen LogP contribution in [-0.4, -0.2) is 74.9 Å². The number of hydrogen-bond donors (Lipinski definition) is 1. The van der Waals surface area contributed by atoms with E-state index < -0.39 is 32.5 Å². The van der Waals surface area contributed by atoms with E-state index in [0.29, 0.717) is 23.9 Å². The molecule has 0 aliphatic rings. The lowest BCUT2D eigenvalue weighted by Gasteiger charge is -2.24. The molecule has 0 saturated heterocycles. The van der Waals surface area contributed by atoms with E-state index in [0.717, 1.165) is 77.0 Å². The van der Waals surface area contributed by atoms with Gasteiger partial charge in [-0.05, 0) is 70.6 Å². The van der Waals surface area contributed by atoms with Gasteiger partial charge in [0.1, 0.15) is 19.8 Å². The Kier molecular flexibility index (Phi) is 33.4. The van der Waals surface area contributed by atoms with Crippen LogP contribution in [0.15, 0.2) is 48.6 Å². The molecule has 1 unspecified atom stereocenters. The van der Waals surface area contributed by atoms with Crippen molar-refractivity contribution in [3.63, 3.8) is 0 Å². The van der Waals surface area contributed by atoms with Crippen molar-refractivity contribution >= 4 is 19.8 Å². The summed E-state index contributed by atoms with van der Waals surface area (Å²) in [5.41, 5.74) is 0. The van der Waals surface area contributed by atoms with E-state index in [4.69, 9.17) is 18.5 Å². The predicted octanol–water partition coefficient (Wildman–Crippen LogP) is 11.1. The first-order chi connectivity index (χ1) is 25.0. The fourth-order valence-corrected chi connectivity index (χ4v) is 5.80. The van der Waals surface area contributed by atoms with Gasteiger partial charge in [0, 0.05) is 12.8 Å². The molecule has 52 heavy (non-hydrogen) atoms. The Hall–Kier alpha value is -2.03. The molecule has 0 rings (SSSR count). The molecule has 0 heterocycles. The summed E-state index contributed by atoms with van der Waals surface area (Å²) in [4.78, 5) is 35.2. The number of hydrogen-bond acceptors (Lipinski definition) is 7. The lowest BCUT2D eigenvalue weighted by atomic mass is 10.1. The van der Waals surface area contributed by atoms with Crippen LogP contribution in [0.25, 0.3) is 0 Å². The second-order valence-corrected chi connectivity index (χ2v) is 16.1. The van der Waals surface area contributed by atoms with E-state index in [1.165, 1.54) is 38.5 Å². The molecule has 2 atom stereocenters. The van der Waals surface area contributed by atoms with E-state index >= 15 is 0 Å². The number of ether oxygens (including phenoxy) is 2. The van der Waals surface area contributed by atoms with Crippen LogP contribution in [0.3, 0.4) is 0 Å². The van der Waals surface area contributed by atoms with Gasteiger partial charge in [0.15, 0.2) is 6.10 Å². The smallest absolute Gasteiger partial charge is 0.462 e. The number of rotatable bonds is 36. The third kappa shape index (κ3) is 37.7. The van der Waals surface area contributed by atoms with Gasteiger partial charge in [0.2, 0.25) is 0 Å². The third-order valence-electron chi connectivity index (χ3n) is 8.33. The molecule has 0 fully saturated rings. The van der Waals surface area contributed by atoms with Gasteiger partial charge in [-0.1, -0.05) is 120 Å². The van der Waals surface area contributed by atoms with Gasteiger partial charge in [-0.3, -0.25) is 18.6 Å². The van der Waals surface area contributed by atoms with Crippen LogP contribution in [0.1, 0.15) is 155 Å². The van der Waals surface area contributed by atoms with Gasteiger partial charge in [0.05, 0.1) is 27.7 Å². The fraction of sp³-hybridized carbons (Fsp3) is 0.762. The lowest BCUT2D eigenvalue weighted by Crippen LogP contribution is -2.37. The van der Waals surface area contributed by atoms with Crippen LogP contribution in [-0.2, 0) is 32.7 Å². The van der Waals surface area contributed by atoms with Crippen LogP contribution in [0, 0.1) is 0 Å². The number of carbonyl (C=O) groups excluding carboxylic acids is 2. The average molecular weight is 755 g/mol. The number of allylic oxidation sites excluding steroid dienone is 8. The number of phosphoric ester groups is 1. The number of unbranched alkanes of at least 4 members (excludes halogenated alkanes) is 14. The molecule has 0 amide bonds. The van der Waals surface area contributed by atoms with E-state index in [1.807, 2.05) is 21.1 Å². The summed E-state index contributed by atoms with van der Waals surface area (Å²) in [5, 5.41) is 0. The minimum absolute atomic E-state index is 0.0247. The number of carbonyl (C=O) groups is 2. The minimum Gasteiger partial charge on any atom is -0.462 e. The van der Waals surface area contributed by atoms with Crippen molar-refractivity contribution in [3.05, 3.63) is 48.6 Å². The molecule has 0 aromatic carbocycles. The van der Waals surface area contributed by atoms with E-state index in [1.54, 1.807) is 0 Å². The summed E-state index contributed by atoms with van der Waals surface area (Å²) in [5.74, 6) is -0.840. The zero-order chi connectivity index (χ0) is 38.6. The molecule has 0 aliphatic carbocycles. The molecule has 0 bridgehead atoms. The Bertz CT molecular complexity index is 1030. The Morgan fingerprint density at radius 3 is 1.62 bits per heavy atom. The molecular weight excluding hydrogens is 677 g/mol. The highest BCUT2D eigenvalue weighted by Crippen LogP contribution is 2.43. The summed E-state index contributed by atoms with van der Waals surface area (Å²) < 4.78 is 34.2. The number of quaternary nitrogens is 1. The van der Waals surface area contributed by atoms with E-state index in [2.05, 4.69) is 62.5 Å². The number of likely N-dealkylation sites (N-methyl/N-ethyl adjacent to an activating group) is 1. The molecule has 0 aromatic rings. The fourth-order valence-electron chi connectivity index (χ4n) is 5.06. The Morgan fingerprint density at radius 1 is 0.596 bits per heavy atom. The summed E-state index contributed by atoms with van der Waals surface area (Å²) in [6.07, 6.45) is 38.7. The highest BCUT2D eigenvalue weighted by Gasteiger charge is 2.27. The van der Waals surface area contributed by atoms with Gasteiger partial charge >= 0.3 is 19.8 Å². The normalized spacial score (nSPS) is 14.2. The first-order valence-electron chi connectivity index (χ1n) is 20.4. The van der Waals surface area contributed by atoms with Crippen molar-refractivity contribution in [2.45, 2.75) is 161 Å². The van der Waals surface area contributed by atoms with Gasteiger partial charge in [-0.2, -0.15) is 0 Å². The largest absolute Gasteiger partial charge is 0.472 e. The second kappa shape index (κ2) is 34.7. The van der Waals surface area contributed by atoms with E-state index in [9.17, 15) is 19.0 Å². The van der Waals surface area contributed by atoms with Crippen LogP contribution in [0.4, 0.5) is 0 Å². The van der Waals surface area contributed by atoms with Crippen LogP contribution in [0.5, 0.6) is 0 Å². The number of esters is 2. The van der Waals surface area contributed by atoms with Gasteiger partial charge in [-0.25, -0.2) is 4.57 Å². The molecule has 0 aliphatic heterocycles. The first-order valence-corrected chi connectivity index (χ1v) is 21.9. The van der Waals surface area contributed by atoms with Crippen LogP contribution in [0.2, 0.25) is 0 Å². The zero-order valence-corrected chi connectivity index (χ0v) is 34.7. The topological polar surface area (TPSA) is 108 Å². The zero-order valence-electron chi connectivity index (χ0n) is 33.8. The van der Waals surface area contributed by atoms with Crippen molar-refractivity contribution < 1.29 is 42.1 Å². The summed E-state index contributed by atoms with van der Waals surface area (Å²) in [7, 11) is 1.45. The molecular formula is C42H77NO8P+. The maximum Gasteiger partial charge on any atom is 0.472 e. The number of nitrogens with zero attached hydrogens (tertiary/aromatic N) is 1. The van der Waals surface area contributed by atoms with Crippen molar-refractivity contribution in [1.29, 1.82) is 0 Å². The molecule has 0 spiro atoms. The lowest BCUT2D eigenvalue weighted by molar-refractivity contribution is -0.870. The van der Waals surface area contributed by atoms with Crippen LogP contribution >= 0.6 is 7.82 Å². The monoisotopic (exact) mass is 755 g/mol. The molecule has 1 N–H and O–H groups in total.